The van der Waals surface area contributed by atoms with Crippen LogP contribution in [0.25, 0.3) is 22.3 Å². The van der Waals surface area contributed by atoms with Crippen LogP contribution in [0.5, 0.6) is 5.75 Å². The Balaban J connectivity index is 1.77. The second kappa shape index (κ2) is 7.94. The Morgan fingerprint density at radius 1 is 0.939 bits per heavy atom. The maximum absolute atomic E-state index is 13.2. The summed E-state index contributed by atoms with van der Waals surface area (Å²) < 4.78 is 38.1. The highest BCUT2D eigenvalue weighted by molar-refractivity contribution is 7.90. The van der Waals surface area contributed by atoms with Gasteiger partial charge in [-0.05, 0) is 36.2 Å². The number of aryl methyl sites for hydroxylation is 1. The molecule has 166 valence electrons. The van der Waals surface area contributed by atoms with Crippen LogP contribution in [-0.4, -0.2) is 19.5 Å². The number of rotatable bonds is 5. The van der Waals surface area contributed by atoms with Gasteiger partial charge in [0.15, 0.2) is 9.84 Å². The summed E-state index contributed by atoms with van der Waals surface area (Å²) in [5.41, 5.74) is 3.98. The lowest BCUT2D eigenvalue weighted by Crippen LogP contribution is -2.11. The van der Waals surface area contributed by atoms with Crippen molar-refractivity contribution >= 4 is 15.8 Å². The van der Waals surface area contributed by atoms with Gasteiger partial charge in [0, 0.05) is 22.3 Å². The maximum Gasteiger partial charge on any atom is 0.336 e. The summed E-state index contributed by atoms with van der Waals surface area (Å²) in [6, 6.07) is 18.3. The Morgan fingerprint density at radius 3 is 2.42 bits per heavy atom. The molecular formula is C26H20O6S. The van der Waals surface area contributed by atoms with E-state index < -0.39 is 15.8 Å². The molecule has 33 heavy (non-hydrogen) atoms. The van der Waals surface area contributed by atoms with E-state index >= 15 is 0 Å². The molecule has 1 N–H and O–H groups in total. The van der Waals surface area contributed by atoms with Gasteiger partial charge < -0.3 is 14.3 Å². The van der Waals surface area contributed by atoms with Gasteiger partial charge in [-0.1, -0.05) is 48.5 Å². The molecule has 4 aromatic rings. The van der Waals surface area contributed by atoms with Crippen molar-refractivity contribution in [1.82, 2.24) is 0 Å². The number of ether oxygens (including phenoxy) is 1. The van der Waals surface area contributed by atoms with Crippen LogP contribution in [-0.2, 0) is 22.2 Å². The van der Waals surface area contributed by atoms with Crippen molar-refractivity contribution in [2.24, 2.45) is 0 Å². The number of carboxylic acid groups (broad SMARTS) is 1. The van der Waals surface area contributed by atoms with Crippen molar-refractivity contribution in [1.29, 1.82) is 0 Å². The van der Waals surface area contributed by atoms with Gasteiger partial charge in [0.25, 0.3) is 0 Å². The fourth-order valence-corrected chi connectivity index (χ4v) is 5.68. The SMILES string of the molecule is Cc1coc2c1-c1ccc(CS(=O)(=O)c3ccccc3)c(-c3ccccc3C(=O)O)c1OC2. The van der Waals surface area contributed by atoms with E-state index in [1.165, 1.54) is 6.07 Å². The van der Waals surface area contributed by atoms with Gasteiger partial charge in [-0.2, -0.15) is 0 Å². The third-order valence-electron chi connectivity index (χ3n) is 5.79. The average molecular weight is 461 g/mol. The Morgan fingerprint density at radius 2 is 1.67 bits per heavy atom. The van der Waals surface area contributed by atoms with Gasteiger partial charge in [0.2, 0.25) is 0 Å². The molecule has 3 aromatic carbocycles. The zero-order valence-electron chi connectivity index (χ0n) is 17.7. The minimum Gasteiger partial charge on any atom is -0.484 e. The highest BCUT2D eigenvalue weighted by atomic mass is 32.2. The van der Waals surface area contributed by atoms with Gasteiger partial charge in [-0.3, -0.25) is 0 Å². The first kappa shape index (κ1) is 21.0. The van der Waals surface area contributed by atoms with Gasteiger partial charge in [-0.25, -0.2) is 13.2 Å². The number of furan rings is 1. The molecule has 0 spiro atoms. The first-order valence-electron chi connectivity index (χ1n) is 10.3. The lowest BCUT2D eigenvalue weighted by Gasteiger charge is -2.24. The minimum atomic E-state index is -3.68. The number of aromatic carboxylic acids is 1. The van der Waals surface area contributed by atoms with Crippen LogP contribution in [0.4, 0.5) is 0 Å². The lowest BCUT2D eigenvalue weighted by atomic mass is 9.89. The summed E-state index contributed by atoms with van der Waals surface area (Å²) in [5, 5.41) is 9.83. The van der Waals surface area contributed by atoms with E-state index in [4.69, 9.17) is 9.15 Å². The van der Waals surface area contributed by atoms with Gasteiger partial charge in [0.05, 0.1) is 22.5 Å². The minimum absolute atomic E-state index is 0.0718. The number of carbonyl (C=O) groups is 1. The van der Waals surface area contributed by atoms with Crippen molar-refractivity contribution < 1.29 is 27.5 Å². The fourth-order valence-electron chi connectivity index (χ4n) is 4.29. The zero-order valence-corrected chi connectivity index (χ0v) is 18.6. The molecule has 0 aliphatic carbocycles. The molecule has 0 bridgehead atoms. The second-order valence-electron chi connectivity index (χ2n) is 7.90. The Bertz CT molecular complexity index is 1480. The fraction of sp³-hybridized carbons (Fsp3) is 0.115. The molecule has 6 nitrogen and oxygen atoms in total. The molecular weight excluding hydrogens is 440 g/mol. The van der Waals surface area contributed by atoms with Gasteiger partial charge >= 0.3 is 5.97 Å². The Kier molecular flexibility index (Phi) is 5.06. The van der Waals surface area contributed by atoms with Crippen molar-refractivity contribution in [2.45, 2.75) is 24.2 Å². The van der Waals surface area contributed by atoms with Crippen LogP contribution in [0.3, 0.4) is 0 Å². The number of fused-ring (bicyclic) bond motifs is 3. The molecule has 1 aromatic heterocycles. The Hall–Kier alpha value is -3.84. The predicted octanol–water partition coefficient (Wildman–Crippen LogP) is 5.49. The number of benzene rings is 3. The molecule has 7 heteroatoms. The first-order valence-corrected chi connectivity index (χ1v) is 12.0. The number of hydrogen-bond acceptors (Lipinski definition) is 5. The molecule has 0 amide bonds. The molecule has 0 saturated heterocycles. The first-order chi connectivity index (χ1) is 15.9. The largest absolute Gasteiger partial charge is 0.484 e. The van der Waals surface area contributed by atoms with E-state index in [-0.39, 0.29) is 22.8 Å². The number of sulfone groups is 1. The molecule has 1 aliphatic rings. The molecule has 0 atom stereocenters. The molecule has 5 rings (SSSR count). The molecule has 0 saturated carbocycles. The molecule has 1 aliphatic heterocycles. The Labute approximate surface area is 191 Å². The van der Waals surface area contributed by atoms with E-state index in [1.54, 1.807) is 60.9 Å². The van der Waals surface area contributed by atoms with Crippen molar-refractivity contribution in [2.75, 3.05) is 0 Å². The van der Waals surface area contributed by atoms with Gasteiger partial charge in [-0.15, -0.1) is 0 Å². The van der Waals surface area contributed by atoms with E-state index in [2.05, 4.69) is 0 Å². The summed E-state index contributed by atoms with van der Waals surface area (Å²) >= 11 is 0. The molecule has 0 unspecified atom stereocenters. The van der Waals surface area contributed by atoms with E-state index in [0.717, 1.165) is 16.7 Å². The average Bonchev–Trinajstić information content (AvgIpc) is 3.20. The third-order valence-corrected chi connectivity index (χ3v) is 7.47. The highest BCUT2D eigenvalue weighted by Gasteiger charge is 2.30. The maximum atomic E-state index is 13.2. The molecule has 0 fully saturated rings. The lowest BCUT2D eigenvalue weighted by molar-refractivity contribution is 0.0697. The summed E-state index contributed by atoms with van der Waals surface area (Å²) in [7, 11) is -3.68. The molecule has 2 heterocycles. The predicted molar refractivity (Wildman–Crippen MR) is 123 cm³/mol. The van der Waals surface area contributed by atoms with E-state index in [9.17, 15) is 18.3 Å². The summed E-state index contributed by atoms with van der Waals surface area (Å²) in [6.45, 7) is 2.10. The van der Waals surface area contributed by atoms with Crippen molar-refractivity contribution in [3.05, 3.63) is 95.4 Å². The van der Waals surface area contributed by atoms with Crippen LogP contribution >= 0.6 is 0 Å². The van der Waals surface area contributed by atoms with Crippen LogP contribution in [0.1, 0.15) is 27.2 Å². The van der Waals surface area contributed by atoms with Crippen molar-refractivity contribution in [3.8, 4) is 28.0 Å². The summed E-state index contributed by atoms with van der Waals surface area (Å²) in [5.74, 6) is -0.256. The molecule has 0 radical (unpaired) electrons. The van der Waals surface area contributed by atoms with Crippen molar-refractivity contribution in [3.63, 3.8) is 0 Å². The number of carboxylic acids is 1. The topological polar surface area (TPSA) is 93.8 Å². The highest BCUT2D eigenvalue weighted by Crippen LogP contribution is 2.48. The van der Waals surface area contributed by atoms with Crippen LogP contribution in [0.2, 0.25) is 0 Å². The third kappa shape index (κ3) is 3.60. The monoisotopic (exact) mass is 460 g/mol. The summed E-state index contributed by atoms with van der Waals surface area (Å²) in [4.78, 5) is 12.2. The quantitative estimate of drug-likeness (QED) is 0.423. The van der Waals surface area contributed by atoms with Crippen LogP contribution < -0.4 is 4.74 Å². The van der Waals surface area contributed by atoms with Crippen LogP contribution in [0, 0.1) is 6.92 Å². The number of hydrogen-bond donors (Lipinski definition) is 1. The van der Waals surface area contributed by atoms with E-state index in [1.807, 2.05) is 13.0 Å². The van der Waals surface area contributed by atoms with Gasteiger partial charge in [0.1, 0.15) is 18.1 Å². The zero-order chi connectivity index (χ0) is 23.2. The standard InChI is InChI=1S/C26H20O6S/c1-16-13-31-22-14-32-25-21(23(16)22)12-11-17(15-33(29,30)18-7-3-2-4-8-18)24(25)19-9-5-6-10-20(19)26(27)28/h2-13H,14-15H2,1H3,(H,27,28). The van der Waals surface area contributed by atoms with Crippen LogP contribution in [0.15, 0.2) is 82.3 Å². The normalized spacial score (nSPS) is 12.5. The smallest absolute Gasteiger partial charge is 0.336 e. The second-order valence-corrected chi connectivity index (χ2v) is 9.89. The summed E-state index contributed by atoms with van der Waals surface area (Å²) in [6.07, 6.45) is 1.65. The van der Waals surface area contributed by atoms with E-state index in [0.29, 0.717) is 28.2 Å².